The molecule has 1 aromatic rings. The van der Waals surface area contributed by atoms with E-state index in [2.05, 4.69) is 57.5 Å². The molecule has 1 amide bonds. The molecule has 0 fully saturated rings. The standard InChI is InChI=1S/C17H31N3O/c1-7-18-17(13(4)5)15-8-9-20(10-15)11-16(21)19-14(6)12(2)3/h8-10,12-14,17-18H,7,11H2,1-6H3,(H,19,21). The molecule has 1 rings (SSSR count). The van der Waals surface area contributed by atoms with Gasteiger partial charge in [0.05, 0.1) is 0 Å². The van der Waals surface area contributed by atoms with E-state index in [1.807, 2.05) is 17.7 Å². The zero-order valence-corrected chi connectivity index (χ0v) is 14.3. The number of hydrogen-bond donors (Lipinski definition) is 2. The molecule has 1 heterocycles. The molecule has 2 atom stereocenters. The van der Waals surface area contributed by atoms with Crippen molar-refractivity contribution in [3.63, 3.8) is 0 Å². The molecule has 0 bridgehead atoms. The van der Waals surface area contributed by atoms with Gasteiger partial charge in [0.15, 0.2) is 0 Å². The van der Waals surface area contributed by atoms with Crippen LogP contribution in [0.5, 0.6) is 0 Å². The van der Waals surface area contributed by atoms with Crippen molar-refractivity contribution < 1.29 is 4.79 Å². The van der Waals surface area contributed by atoms with E-state index in [1.54, 1.807) is 0 Å². The molecular weight excluding hydrogens is 262 g/mol. The Morgan fingerprint density at radius 3 is 2.38 bits per heavy atom. The third-order valence-corrected chi connectivity index (χ3v) is 3.94. The summed E-state index contributed by atoms with van der Waals surface area (Å²) in [7, 11) is 0. The lowest BCUT2D eigenvalue weighted by Gasteiger charge is -2.20. The molecule has 0 aliphatic heterocycles. The minimum absolute atomic E-state index is 0.0721. The van der Waals surface area contributed by atoms with E-state index in [4.69, 9.17) is 0 Å². The molecule has 1 aromatic heterocycles. The van der Waals surface area contributed by atoms with Crippen molar-refractivity contribution >= 4 is 5.91 Å². The summed E-state index contributed by atoms with van der Waals surface area (Å²) in [5.74, 6) is 1.05. The zero-order chi connectivity index (χ0) is 16.0. The van der Waals surface area contributed by atoms with Gasteiger partial charge in [0.2, 0.25) is 5.91 Å². The van der Waals surface area contributed by atoms with E-state index in [0.29, 0.717) is 24.4 Å². The minimum Gasteiger partial charge on any atom is -0.352 e. The minimum atomic E-state index is 0.0721. The van der Waals surface area contributed by atoms with Gasteiger partial charge in [0, 0.05) is 24.5 Å². The number of carbonyl (C=O) groups excluding carboxylic acids is 1. The quantitative estimate of drug-likeness (QED) is 0.774. The fourth-order valence-electron chi connectivity index (χ4n) is 2.33. The van der Waals surface area contributed by atoms with Gasteiger partial charge in [-0.3, -0.25) is 4.79 Å². The predicted molar refractivity (Wildman–Crippen MR) is 88.1 cm³/mol. The van der Waals surface area contributed by atoms with Crippen LogP contribution in [0.2, 0.25) is 0 Å². The maximum absolute atomic E-state index is 12.0. The monoisotopic (exact) mass is 293 g/mol. The van der Waals surface area contributed by atoms with Crippen molar-refractivity contribution in [3.05, 3.63) is 24.0 Å². The van der Waals surface area contributed by atoms with E-state index < -0.39 is 0 Å². The molecule has 21 heavy (non-hydrogen) atoms. The van der Waals surface area contributed by atoms with Crippen LogP contribution < -0.4 is 10.6 Å². The second-order valence-corrected chi connectivity index (χ2v) is 6.50. The summed E-state index contributed by atoms with van der Waals surface area (Å²) < 4.78 is 1.96. The maximum Gasteiger partial charge on any atom is 0.240 e. The molecule has 0 aromatic carbocycles. The van der Waals surface area contributed by atoms with E-state index in [0.717, 1.165) is 6.54 Å². The van der Waals surface area contributed by atoms with Gasteiger partial charge in [-0.25, -0.2) is 0 Å². The Hall–Kier alpha value is -1.29. The summed E-state index contributed by atoms with van der Waals surface area (Å²) >= 11 is 0. The Morgan fingerprint density at radius 2 is 1.86 bits per heavy atom. The van der Waals surface area contributed by atoms with Gasteiger partial charge < -0.3 is 15.2 Å². The molecule has 2 N–H and O–H groups in total. The Morgan fingerprint density at radius 1 is 1.19 bits per heavy atom. The molecule has 0 saturated heterocycles. The smallest absolute Gasteiger partial charge is 0.240 e. The summed E-state index contributed by atoms with van der Waals surface area (Å²) in [6, 6.07) is 2.65. The van der Waals surface area contributed by atoms with Crippen molar-refractivity contribution in [1.82, 2.24) is 15.2 Å². The number of hydrogen-bond acceptors (Lipinski definition) is 2. The number of nitrogens with zero attached hydrogens (tertiary/aromatic N) is 1. The topological polar surface area (TPSA) is 46.1 Å². The van der Waals surface area contributed by atoms with Crippen molar-refractivity contribution in [2.75, 3.05) is 6.54 Å². The highest BCUT2D eigenvalue weighted by atomic mass is 16.2. The number of carbonyl (C=O) groups is 1. The Kier molecular flexibility index (Phi) is 6.96. The van der Waals surface area contributed by atoms with Gasteiger partial charge in [-0.15, -0.1) is 0 Å². The van der Waals surface area contributed by atoms with Gasteiger partial charge in [-0.05, 0) is 36.9 Å². The summed E-state index contributed by atoms with van der Waals surface area (Å²) in [6.45, 7) is 14.1. The zero-order valence-electron chi connectivity index (χ0n) is 14.3. The average molecular weight is 293 g/mol. The van der Waals surface area contributed by atoms with Crippen molar-refractivity contribution in [3.8, 4) is 0 Å². The van der Waals surface area contributed by atoms with Crippen LogP contribution in [-0.2, 0) is 11.3 Å². The highest BCUT2D eigenvalue weighted by Crippen LogP contribution is 2.21. The van der Waals surface area contributed by atoms with E-state index >= 15 is 0 Å². The van der Waals surface area contributed by atoms with Gasteiger partial charge in [0.1, 0.15) is 6.54 Å². The van der Waals surface area contributed by atoms with Crippen molar-refractivity contribution in [2.24, 2.45) is 11.8 Å². The second-order valence-electron chi connectivity index (χ2n) is 6.50. The van der Waals surface area contributed by atoms with Crippen LogP contribution >= 0.6 is 0 Å². The number of aromatic nitrogens is 1. The summed E-state index contributed by atoms with van der Waals surface area (Å²) in [6.07, 6.45) is 4.06. The molecule has 4 heteroatoms. The molecular formula is C17H31N3O. The first-order valence-electron chi connectivity index (χ1n) is 8.03. The molecule has 0 radical (unpaired) electrons. The molecule has 4 nitrogen and oxygen atoms in total. The molecule has 0 spiro atoms. The molecule has 0 aliphatic carbocycles. The van der Waals surface area contributed by atoms with Crippen LogP contribution in [0.15, 0.2) is 18.5 Å². The van der Waals surface area contributed by atoms with Crippen molar-refractivity contribution in [2.45, 2.75) is 60.2 Å². The van der Waals surface area contributed by atoms with Crippen LogP contribution in [0.1, 0.15) is 53.1 Å². The third kappa shape index (κ3) is 5.54. The van der Waals surface area contributed by atoms with Gasteiger partial charge in [0.25, 0.3) is 0 Å². The van der Waals surface area contributed by atoms with Crippen LogP contribution in [0.25, 0.3) is 0 Å². The Bertz CT molecular complexity index is 437. The fraction of sp³-hybridized carbons (Fsp3) is 0.706. The average Bonchev–Trinajstić information content (AvgIpc) is 2.83. The normalized spacial score (nSPS) is 14.5. The SMILES string of the molecule is CCNC(c1ccn(CC(=O)NC(C)C(C)C)c1)C(C)C. The largest absolute Gasteiger partial charge is 0.352 e. The van der Waals surface area contributed by atoms with Gasteiger partial charge in [-0.2, -0.15) is 0 Å². The lowest BCUT2D eigenvalue weighted by Crippen LogP contribution is -2.38. The Balaban J connectivity index is 2.64. The lowest BCUT2D eigenvalue weighted by molar-refractivity contribution is -0.122. The number of rotatable bonds is 8. The summed E-state index contributed by atoms with van der Waals surface area (Å²) in [4.78, 5) is 12.0. The van der Waals surface area contributed by atoms with E-state index in [1.165, 1.54) is 5.56 Å². The highest BCUT2D eigenvalue weighted by Gasteiger charge is 2.16. The second kappa shape index (κ2) is 8.23. The molecule has 0 saturated carbocycles. The van der Waals surface area contributed by atoms with E-state index in [9.17, 15) is 4.79 Å². The van der Waals surface area contributed by atoms with Gasteiger partial charge in [-0.1, -0.05) is 34.6 Å². The molecule has 120 valence electrons. The lowest BCUT2D eigenvalue weighted by atomic mass is 9.98. The fourth-order valence-corrected chi connectivity index (χ4v) is 2.33. The maximum atomic E-state index is 12.0. The van der Waals surface area contributed by atoms with E-state index in [-0.39, 0.29) is 11.9 Å². The first-order valence-corrected chi connectivity index (χ1v) is 8.03. The van der Waals surface area contributed by atoms with Crippen LogP contribution in [0.4, 0.5) is 0 Å². The molecule has 0 aliphatic rings. The number of nitrogens with one attached hydrogen (secondary N) is 2. The third-order valence-electron chi connectivity index (χ3n) is 3.94. The first kappa shape index (κ1) is 17.8. The molecule has 2 unspecified atom stereocenters. The predicted octanol–water partition coefficient (Wildman–Crippen LogP) is 2.96. The Labute approximate surface area is 129 Å². The van der Waals surface area contributed by atoms with Crippen molar-refractivity contribution in [1.29, 1.82) is 0 Å². The highest BCUT2D eigenvalue weighted by molar-refractivity contribution is 5.76. The summed E-state index contributed by atoms with van der Waals surface area (Å²) in [5.41, 5.74) is 1.25. The first-order chi connectivity index (χ1) is 9.85. The number of amides is 1. The van der Waals surface area contributed by atoms with Crippen LogP contribution in [-0.4, -0.2) is 23.1 Å². The van der Waals surface area contributed by atoms with Gasteiger partial charge >= 0.3 is 0 Å². The van der Waals surface area contributed by atoms with Crippen LogP contribution in [0, 0.1) is 11.8 Å². The van der Waals surface area contributed by atoms with Crippen LogP contribution in [0.3, 0.4) is 0 Å². The summed E-state index contributed by atoms with van der Waals surface area (Å²) in [5, 5.41) is 6.54.